The Morgan fingerprint density at radius 3 is 2.53 bits per heavy atom. The smallest absolute Gasteiger partial charge is 0.133 e. The van der Waals surface area contributed by atoms with Gasteiger partial charge in [-0.25, -0.2) is 4.39 Å². The van der Waals surface area contributed by atoms with E-state index in [9.17, 15) is 4.39 Å². The van der Waals surface area contributed by atoms with Gasteiger partial charge in [-0.1, -0.05) is 18.2 Å². The second kappa shape index (κ2) is 9.86. The molecule has 0 unspecified atom stereocenters. The van der Waals surface area contributed by atoms with Crippen LogP contribution in [0.25, 0.3) is 0 Å². The van der Waals surface area contributed by atoms with Crippen molar-refractivity contribution in [1.29, 1.82) is 0 Å². The summed E-state index contributed by atoms with van der Waals surface area (Å²) in [6, 6.07) is 5.18. The molecule has 0 amide bonds. The summed E-state index contributed by atoms with van der Waals surface area (Å²) in [5.74, 6) is -0.263. The lowest BCUT2D eigenvalue weighted by atomic mass is 10.1. The highest BCUT2D eigenvalue weighted by Gasteiger charge is 2.06. The summed E-state index contributed by atoms with van der Waals surface area (Å²) in [6.07, 6.45) is 0.780. The predicted molar refractivity (Wildman–Crippen MR) is 71.3 cm³/mol. The van der Waals surface area contributed by atoms with Crippen molar-refractivity contribution in [2.45, 2.75) is 19.6 Å². The van der Waals surface area contributed by atoms with Gasteiger partial charge in [0, 0.05) is 38.0 Å². The molecule has 0 aliphatic carbocycles. The third kappa shape index (κ3) is 6.11. The molecule has 0 radical (unpaired) electrons. The summed E-state index contributed by atoms with van der Waals surface area (Å²) in [7, 11) is 1.64. The van der Waals surface area contributed by atoms with Crippen LogP contribution in [0.5, 0.6) is 0 Å². The van der Waals surface area contributed by atoms with Gasteiger partial charge in [0.25, 0.3) is 0 Å². The Bertz CT molecular complexity index is 361. The lowest BCUT2D eigenvalue weighted by Crippen LogP contribution is -2.07. The first kappa shape index (κ1) is 16.0. The van der Waals surface area contributed by atoms with E-state index in [-0.39, 0.29) is 19.0 Å². The van der Waals surface area contributed by atoms with E-state index in [1.165, 1.54) is 0 Å². The molecule has 2 N–H and O–H groups in total. The van der Waals surface area contributed by atoms with Crippen LogP contribution < -0.4 is 5.73 Å². The van der Waals surface area contributed by atoms with Gasteiger partial charge in [-0.15, -0.1) is 0 Å². The van der Waals surface area contributed by atoms with Crippen LogP contribution in [-0.2, 0) is 27.4 Å². The molecule has 0 aliphatic rings. The second-order valence-corrected chi connectivity index (χ2v) is 4.11. The van der Waals surface area contributed by atoms with Gasteiger partial charge in [0.15, 0.2) is 0 Å². The number of halogens is 1. The number of benzene rings is 1. The van der Waals surface area contributed by atoms with E-state index >= 15 is 0 Å². The third-order valence-electron chi connectivity index (χ3n) is 2.65. The van der Waals surface area contributed by atoms with Gasteiger partial charge < -0.3 is 19.9 Å². The van der Waals surface area contributed by atoms with Gasteiger partial charge >= 0.3 is 0 Å². The maximum atomic E-state index is 13.8. The number of rotatable bonds is 10. The molecule has 1 aromatic carbocycles. The summed E-state index contributed by atoms with van der Waals surface area (Å²) in [6.45, 7) is 2.81. The fourth-order valence-electron chi connectivity index (χ4n) is 1.59. The molecule has 0 atom stereocenters. The molecule has 4 nitrogen and oxygen atoms in total. The maximum absolute atomic E-state index is 13.8. The Morgan fingerprint density at radius 1 is 1.05 bits per heavy atom. The first-order valence-corrected chi connectivity index (χ1v) is 6.40. The largest absolute Gasteiger partial charge is 0.382 e. The molecule has 0 saturated heterocycles. The van der Waals surface area contributed by atoms with E-state index in [4.69, 9.17) is 19.9 Å². The Hall–Kier alpha value is -1.01. The number of hydrogen-bond donors (Lipinski definition) is 1. The topological polar surface area (TPSA) is 53.7 Å². The molecule has 0 heterocycles. The van der Waals surface area contributed by atoms with Gasteiger partial charge in [-0.3, -0.25) is 0 Å². The lowest BCUT2D eigenvalue weighted by molar-refractivity contribution is 0.0479. The van der Waals surface area contributed by atoms with Crippen LogP contribution in [0.4, 0.5) is 4.39 Å². The minimum Gasteiger partial charge on any atom is -0.382 e. The first-order chi connectivity index (χ1) is 9.29. The van der Waals surface area contributed by atoms with Crippen LogP contribution in [0, 0.1) is 5.82 Å². The number of ether oxygens (including phenoxy) is 3. The molecule has 108 valence electrons. The summed E-state index contributed by atoms with van der Waals surface area (Å²) in [4.78, 5) is 0. The predicted octanol–water partition coefficient (Wildman–Crippen LogP) is 1.85. The minimum atomic E-state index is -0.263. The highest BCUT2D eigenvalue weighted by Crippen LogP contribution is 2.13. The molecule has 5 heteroatoms. The van der Waals surface area contributed by atoms with Crippen molar-refractivity contribution in [3.8, 4) is 0 Å². The van der Waals surface area contributed by atoms with E-state index in [1.54, 1.807) is 25.3 Å². The summed E-state index contributed by atoms with van der Waals surface area (Å²) in [5.41, 5.74) is 6.51. The zero-order valence-electron chi connectivity index (χ0n) is 11.4. The molecule has 19 heavy (non-hydrogen) atoms. The van der Waals surface area contributed by atoms with Crippen LogP contribution >= 0.6 is 0 Å². The molecular formula is C14H22FNO3. The fourth-order valence-corrected chi connectivity index (χ4v) is 1.59. The zero-order chi connectivity index (χ0) is 13.9. The van der Waals surface area contributed by atoms with Gasteiger partial charge in [0.1, 0.15) is 5.82 Å². The SMILES string of the molecule is COCCOCCCOCc1cccc(CN)c1F. The Labute approximate surface area is 113 Å². The van der Waals surface area contributed by atoms with Gasteiger partial charge in [-0.2, -0.15) is 0 Å². The van der Waals surface area contributed by atoms with Crippen LogP contribution in [0.15, 0.2) is 18.2 Å². The molecule has 0 aliphatic heterocycles. The Morgan fingerprint density at radius 2 is 1.79 bits per heavy atom. The molecule has 0 bridgehead atoms. The third-order valence-corrected chi connectivity index (χ3v) is 2.65. The lowest BCUT2D eigenvalue weighted by Gasteiger charge is -2.08. The molecule has 0 fully saturated rings. The Balaban J connectivity index is 2.16. The van der Waals surface area contributed by atoms with E-state index in [1.807, 2.05) is 0 Å². The average Bonchev–Trinajstić information content (AvgIpc) is 2.43. The van der Waals surface area contributed by atoms with Gasteiger partial charge in [-0.05, 0) is 6.42 Å². The number of hydrogen-bond acceptors (Lipinski definition) is 4. The summed E-state index contributed by atoms with van der Waals surface area (Å²) in [5, 5.41) is 0. The maximum Gasteiger partial charge on any atom is 0.133 e. The molecule has 1 rings (SSSR count). The van der Waals surface area contributed by atoms with Crippen LogP contribution in [0.3, 0.4) is 0 Å². The van der Waals surface area contributed by atoms with Crippen LogP contribution in [0.2, 0.25) is 0 Å². The first-order valence-electron chi connectivity index (χ1n) is 6.40. The highest BCUT2D eigenvalue weighted by atomic mass is 19.1. The molecule has 0 saturated carbocycles. The van der Waals surface area contributed by atoms with Crippen molar-refractivity contribution in [1.82, 2.24) is 0 Å². The average molecular weight is 271 g/mol. The van der Waals surface area contributed by atoms with Crippen LogP contribution in [0.1, 0.15) is 17.5 Å². The standard InChI is InChI=1S/C14H22FNO3/c1-17-8-9-18-6-3-7-19-11-13-5-2-4-12(10-16)14(13)15/h2,4-5H,3,6-11,16H2,1H3. The molecule has 0 aromatic heterocycles. The Kier molecular flexibility index (Phi) is 8.33. The fraction of sp³-hybridized carbons (Fsp3) is 0.571. The normalized spacial score (nSPS) is 10.9. The van der Waals surface area contributed by atoms with Gasteiger partial charge in [0.05, 0.1) is 19.8 Å². The van der Waals surface area contributed by atoms with E-state index in [0.717, 1.165) is 6.42 Å². The van der Waals surface area contributed by atoms with Crippen molar-refractivity contribution >= 4 is 0 Å². The molecular weight excluding hydrogens is 249 g/mol. The van der Waals surface area contributed by atoms with Crippen molar-refractivity contribution in [2.24, 2.45) is 5.73 Å². The summed E-state index contributed by atoms with van der Waals surface area (Å²) >= 11 is 0. The van der Waals surface area contributed by atoms with E-state index in [2.05, 4.69) is 0 Å². The second-order valence-electron chi connectivity index (χ2n) is 4.11. The van der Waals surface area contributed by atoms with Gasteiger partial charge in [0.2, 0.25) is 0 Å². The monoisotopic (exact) mass is 271 g/mol. The number of nitrogens with two attached hydrogens (primary N) is 1. The van der Waals surface area contributed by atoms with Crippen molar-refractivity contribution in [3.05, 3.63) is 35.1 Å². The highest BCUT2D eigenvalue weighted by molar-refractivity contribution is 5.25. The van der Waals surface area contributed by atoms with Crippen LogP contribution in [-0.4, -0.2) is 33.5 Å². The van der Waals surface area contributed by atoms with Crippen molar-refractivity contribution in [2.75, 3.05) is 33.5 Å². The molecule has 0 spiro atoms. The summed E-state index contributed by atoms with van der Waals surface area (Å²) < 4.78 is 29.3. The van der Waals surface area contributed by atoms with Crippen molar-refractivity contribution < 1.29 is 18.6 Å². The minimum absolute atomic E-state index is 0.201. The molecule has 1 aromatic rings. The van der Waals surface area contributed by atoms with Crippen molar-refractivity contribution in [3.63, 3.8) is 0 Å². The zero-order valence-corrected chi connectivity index (χ0v) is 11.4. The quantitative estimate of drug-likeness (QED) is 0.660. The number of methoxy groups -OCH3 is 1. The van der Waals surface area contributed by atoms with E-state index in [0.29, 0.717) is 37.6 Å². The van der Waals surface area contributed by atoms with E-state index < -0.39 is 0 Å².